The quantitative estimate of drug-likeness (QED) is 0.902. The Balaban J connectivity index is 1.70. The van der Waals surface area contributed by atoms with E-state index >= 15 is 0 Å². The normalized spacial score (nSPS) is 20.0. The highest BCUT2D eigenvalue weighted by Gasteiger charge is 2.26. The van der Waals surface area contributed by atoms with Gasteiger partial charge in [0.1, 0.15) is 11.9 Å². The first-order valence-electron chi connectivity index (χ1n) is 8.16. The molecule has 1 amide bonds. The number of amides is 1. The third-order valence-corrected chi connectivity index (χ3v) is 4.47. The summed E-state index contributed by atoms with van der Waals surface area (Å²) in [5, 5.41) is 6.28. The summed E-state index contributed by atoms with van der Waals surface area (Å²) in [4.78, 5) is 25.5. The fourth-order valence-electron chi connectivity index (χ4n) is 3.26. The lowest BCUT2D eigenvalue weighted by molar-refractivity contribution is -0.123. The summed E-state index contributed by atoms with van der Waals surface area (Å²) in [6.07, 6.45) is 8.36. The molecule has 2 N–H and O–H groups in total. The number of nitrogens with zero attached hydrogens (tertiary/aromatic N) is 3. The zero-order valence-corrected chi connectivity index (χ0v) is 12.9. The van der Waals surface area contributed by atoms with Crippen LogP contribution in [0.3, 0.4) is 0 Å². The number of hydrogen-bond donors (Lipinski definition) is 2. The van der Waals surface area contributed by atoms with Crippen molar-refractivity contribution in [2.24, 2.45) is 0 Å². The van der Waals surface area contributed by atoms with Crippen LogP contribution in [-0.4, -0.2) is 33.4 Å². The molecule has 4 rings (SSSR count). The molecule has 1 aliphatic carbocycles. The average Bonchev–Trinajstić information content (AvgIpc) is 3.06. The van der Waals surface area contributed by atoms with Crippen molar-refractivity contribution >= 4 is 11.7 Å². The van der Waals surface area contributed by atoms with Crippen molar-refractivity contribution in [3.63, 3.8) is 0 Å². The van der Waals surface area contributed by atoms with Crippen LogP contribution in [0.4, 0.5) is 5.82 Å². The van der Waals surface area contributed by atoms with E-state index in [1.165, 1.54) is 5.56 Å². The van der Waals surface area contributed by atoms with Crippen molar-refractivity contribution in [1.82, 2.24) is 20.3 Å². The predicted molar refractivity (Wildman–Crippen MR) is 86.9 cm³/mol. The molecular formula is C17H19N5O. The van der Waals surface area contributed by atoms with Crippen LogP contribution < -0.4 is 10.6 Å². The summed E-state index contributed by atoms with van der Waals surface area (Å²) < 4.78 is 0. The van der Waals surface area contributed by atoms with Gasteiger partial charge in [0.15, 0.2) is 5.82 Å². The van der Waals surface area contributed by atoms with Gasteiger partial charge in [-0.05, 0) is 44.2 Å². The predicted octanol–water partition coefficient (Wildman–Crippen LogP) is 1.72. The Bertz CT molecular complexity index is 731. The highest BCUT2D eigenvalue weighted by Crippen LogP contribution is 2.30. The molecule has 1 aliphatic heterocycles. The summed E-state index contributed by atoms with van der Waals surface area (Å²) in [5.41, 5.74) is 3.22. The van der Waals surface area contributed by atoms with Gasteiger partial charge in [0.2, 0.25) is 5.91 Å². The fraction of sp³-hybridized carbons (Fsp3) is 0.412. The molecule has 2 aliphatic rings. The lowest BCUT2D eigenvalue weighted by Crippen LogP contribution is -2.44. The molecule has 23 heavy (non-hydrogen) atoms. The van der Waals surface area contributed by atoms with Crippen LogP contribution in [0.2, 0.25) is 0 Å². The second-order valence-corrected chi connectivity index (χ2v) is 6.04. The molecule has 1 saturated heterocycles. The van der Waals surface area contributed by atoms with Crippen molar-refractivity contribution in [3.8, 4) is 11.4 Å². The van der Waals surface area contributed by atoms with E-state index in [9.17, 15) is 4.79 Å². The first-order chi connectivity index (χ1) is 11.3. The summed E-state index contributed by atoms with van der Waals surface area (Å²) in [6, 6.07) is 3.62. The van der Waals surface area contributed by atoms with Crippen LogP contribution in [0.5, 0.6) is 0 Å². The molecule has 0 unspecified atom stereocenters. The smallest absolute Gasteiger partial charge is 0.242 e. The molecule has 118 valence electrons. The number of carbonyl (C=O) groups excluding carboxylic acids is 1. The zero-order valence-electron chi connectivity index (χ0n) is 12.9. The van der Waals surface area contributed by atoms with E-state index in [4.69, 9.17) is 9.97 Å². The third kappa shape index (κ3) is 2.76. The maximum Gasteiger partial charge on any atom is 0.242 e. The summed E-state index contributed by atoms with van der Waals surface area (Å²) >= 11 is 0. The molecule has 1 fully saturated rings. The molecule has 0 bridgehead atoms. The van der Waals surface area contributed by atoms with Gasteiger partial charge < -0.3 is 10.6 Å². The summed E-state index contributed by atoms with van der Waals surface area (Å²) in [7, 11) is 0. The first kappa shape index (κ1) is 14.1. The number of carbonyl (C=O) groups is 1. The van der Waals surface area contributed by atoms with Gasteiger partial charge >= 0.3 is 0 Å². The summed E-state index contributed by atoms with van der Waals surface area (Å²) in [5.74, 6) is 1.58. The molecule has 3 heterocycles. The summed E-state index contributed by atoms with van der Waals surface area (Å²) in [6.45, 7) is 0.765. The molecule has 6 nitrogen and oxygen atoms in total. The molecule has 0 aromatic carbocycles. The topological polar surface area (TPSA) is 79.8 Å². The van der Waals surface area contributed by atoms with Crippen molar-refractivity contribution in [1.29, 1.82) is 0 Å². The second-order valence-electron chi connectivity index (χ2n) is 6.04. The van der Waals surface area contributed by atoms with Crippen LogP contribution in [0.25, 0.3) is 11.4 Å². The van der Waals surface area contributed by atoms with Crippen LogP contribution in [0.1, 0.15) is 30.5 Å². The standard InChI is InChI=1S/C17H19N5O/c23-17-14(5-2-8-19-17)21-16-12-3-1-4-13(12)20-15(22-16)11-6-9-18-10-7-11/h6-7,9-10,14H,1-5,8H2,(H,19,23)(H,20,21,22)/t14-/m0/s1. The van der Waals surface area contributed by atoms with E-state index in [0.29, 0.717) is 5.82 Å². The van der Waals surface area contributed by atoms with E-state index in [-0.39, 0.29) is 11.9 Å². The van der Waals surface area contributed by atoms with Crippen LogP contribution in [0.15, 0.2) is 24.5 Å². The number of pyridine rings is 1. The zero-order chi connectivity index (χ0) is 15.6. The Kier molecular flexibility index (Phi) is 3.65. The van der Waals surface area contributed by atoms with Gasteiger partial charge in [-0.25, -0.2) is 9.97 Å². The fourth-order valence-corrected chi connectivity index (χ4v) is 3.26. The van der Waals surface area contributed by atoms with E-state index in [1.807, 2.05) is 12.1 Å². The number of piperidine rings is 1. The van der Waals surface area contributed by atoms with Crippen molar-refractivity contribution in [2.45, 2.75) is 38.1 Å². The molecule has 0 radical (unpaired) electrons. The first-order valence-corrected chi connectivity index (χ1v) is 8.16. The van der Waals surface area contributed by atoms with Gasteiger partial charge in [0.25, 0.3) is 0 Å². The highest BCUT2D eigenvalue weighted by molar-refractivity contribution is 5.85. The molecule has 2 aromatic heterocycles. The molecule has 1 atom stereocenters. The molecule has 2 aromatic rings. The Labute approximate surface area is 134 Å². The van der Waals surface area contributed by atoms with E-state index < -0.39 is 0 Å². The molecule has 0 saturated carbocycles. The number of fused-ring (bicyclic) bond motifs is 1. The Hall–Kier alpha value is -2.50. The Morgan fingerprint density at radius 3 is 2.83 bits per heavy atom. The Morgan fingerprint density at radius 1 is 1.13 bits per heavy atom. The highest BCUT2D eigenvalue weighted by atomic mass is 16.2. The van der Waals surface area contributed by atoms with Gasteiger partial charge in [-0.15, -0.1) is 0 Å². The lowest BCUT2D eigenvalue weighted by Gasteiger charge is -2.24. The Morgan fingerprint density at radius 2 is 2.00 bits per heavy atom. The van der Waals surface area contributed by atoms with Crippen molar-refractivity contribution < 1.29 is 4.79 Å². The number of aryl methyl sites for hydroxylation is 1. The van der Waals surface area contributed by atoms with Crippen molar-refractivity contribution in [2.75, 3.05) is 11.9 Å². The van der Waals surface area contributed by atoms with Crippen LogP contribution in [0, 0.1) is 0 Å². The minimum absolute atomic E-state index is 0.0621. The monoisotopic (exact) mass is 309 g/mol. The van der Waals surface area contributed by atoms with E-state index in [0.717, 1.165) is 55.7 Å². The number of nitrogens with one attached hydrogen (secondary N) is 2. The number of hydrogen-bond acceptors (Lipinski definition) is 5. The average molecular weight is 309 g/mol. The maximum atomic E-state index is 12.0. The minimum atomic E-state index is -0.200. The maximum absolute atomic E-state index is 12.0. The number of rotatable bonds is 3. The largest absolute Gasteiger partial charge is 0.358 e. The van der Waals surface area contributed by atoms with Gasteiger partial charge in [-0.3, -0.25) is 9.78 Å². The van der Waals surface area contributed by atoms with Gasteiger partial charge in [0, 0.05) is 35.8 Å². The molecule has 6 heteroatoms. The van der Waals surface area contributed by atoms with E-state index in [1.54, 1.807) is 12.4 Å². The third-order valence-electron chi connectivity index (χ3n) is 4.47. The molecular weight excluding hydrogens is 290 g/mol. The lowest BCUT2D eigenvalue weighted by atomic mass is 10.1. The van der Waals surface area contributed by atoms with Crippen molar-refractivity contribution in [3.05, 3.63) is 35.8 Å². The molecule has 0 spiro atoms. The second kappa shape index (κ2) is 5.95. The van der Waals surface area contributed by atoms with Crippen LogP contribution >= 0.6 is 0 Å². The van der Waals surface area contributed by atoms with Crippen LogP contribution in [-0.2, 0) is 17.6 Å². The van der Waals surface area contributed by atoms with Gasteiger partial charge in [-0.1, -0.05) is 0 Å². The number of aromatic nitrogens is 3. The SMILES string of the molecule is O=C1NCCC[C@@H]1Nc1nc(-c2ccncc2)nc2c1CCC2. The van der Waals surface area contributed by atoms with Gasteiger partial charge in [-0.2, -0.15) is 0 Å². The van der Waals surface area contributed by atoms with Gasteiger partial charge in [0.05, 0.1) is 0 Å². The minimum Gasteiger partial charge on any atom is -0.358 e. The van der Waals surface area contributed by atoms with E-state index in [2.05, 4.69) is 15.6 Å². The number of anilines is 1.